The first-order chi connectivity index (χ1) is 16.3. The van der Waals surface area contributed by atoms with E-state index in [4.69, 9.17) is 0 Å². The summed E-state index contributed by atoms with van der Waals surface area (Å²) in [5.74, 6) is -1.09. The van der Waals surface area contributed by atoms with Crippen LogP contribution < -0.4 is 10.0 Å². The van der Waals surface area contributed by atoms with Crippen LogP contribution in [0.2, 0.25) is 0 Å². The number of benzene rings is 3. The zero-order valence-corrected chi connectivity index (χ0v) is 19.5. The molecule has 1 amide bonds. The molecule has 1 aromatic heterocycles. The van der Waals surface area contributed by atoms with Gasteiger partial charge in [-0.05, 0) is 42.6 Å². The molecule has 0 saturated carbocycles. The van der Waals surface area contributed by atoms with Crippen molar-refractivity contribution in [2.75, 3.05) is 10.0 Å². The highest BCUT2D eigenvalue weighted by atomic mass is 32.2. The molecule has 4 rings (SSSR count). The first-order valence-electron chi connectivity index (χ1n) is 10.1. The molecule has 11 heteroatoms. The van der Waals surface area contributed by atoms with Crippen molar-refractivity contribution in [2.24, 2.45) is 10.2 Å². The Balaban J connectivity index is 1.49. The van der Waals surface area contributed by atoms with Gasteiger partial charge in [-0.15, -0.1) is 11.3 Å². The van der Waals surface area contributed by atoms with E-state index in [9.17, 15) is 18.0 Å². The molecule has 4 aromatic rings. The summed E-state index contributed by atoms with van der Waals surface area (Å²) in [5.41, 5.74) is 0.851. The molecule has 0 saturated heterocycles. The van der Waals surface area contributed by atoms with Crippen molar-refractivity contribution < 1.29 is 18.0 Å². The maximum absolute atomic E-state index is 12.8. The first kappa shape index (κ1) is 23.2. The number of ketones is 1. The van der Waals surface area contributed by atoms with Crippen molar-refractivity contribution in [2.45, 2.75) is 17.9 Å². The molecular formula is C23H19N5O4S2. The Hall–Kier alpha value is -3.96. The zero-order chi connectivity index (χ0) is 24.1. The normalized spacial score (nSPS) is 12.5. The van der Waals surface area contributed by atoms with Crippen molar-refractivity contribution in [3.05, 3.63) is 78.3 Å². The second-order valence-electron chi connectivity index (χ2n) is 7.18. The number of Topliss-reactive ketones (excluding diaryl/α,β-unsaturated/α-hetero) is 1. The molecule has 1 heterocycles. The summed E-state index contributed by atoms with van der Waals surface area (Å²) < 4.78 is 27.2. The van der Waals surface area contributed by atoms with E-state index in [1.807, 2.05) is 30.3 Å². The van der Waals surface area contributed by atoms with E-state index >= 15 is 0 Å². The van der Waals surface area contributed by atoms with Gasteiger partial charge in [0.2, 0.25) is 6.04 Å². The van der Waals surface area contributed by atoms with E-state index in [1.165, 1.54) is 37.4 Å². The molecule has 9 nitrogen and oxygen atoms in total. The Kier molecular flexibility index (Phi) is 6.75. The standard InChI is InChI=1S/C23H19N5O4S2/c1-15(29)21(22(30)25-20-8-4-6-16-5-2-3-7-19(16)20)27-26-17-9-11-18(12-10-17)34(31,32)28-23-24-13-14-33-23/h2-14,21H,1H3,(H,24,28)(H,25,30). The summed E-state index contributed by atoms with van der Waals surface area (Å²) in [6.07, 6.45) is 1.49. The lowest BCUT2D eigenvalue weighted by Gasteiger charge is -2.11. The van der Waals surface area contributed by atoms with E-state index in [-0.39, 0.29) is 15.7 Å². The minimum atomic E-state index is -3.80. The second kappa shape index (κ2) is 9.89. The molecule has 0 aliphatic heterocycles. The number of amides is 1. The number of azo groups is 1. The van der Waals surface area contributed by atoms with Gasteiger partial charge in [0, 0.05) is 22.7 Å². The lowest BCUT2D eigenvalue weighted by atomic mass is 10.1. The molecule has 34 heavy (non-hydrogen) atoms. The number of rotatable bonds is 8. The van der Waals surface area contributed by atoms with Crippen LogP contribution in [0.15, 0.2) is 93.4 Å². The smallest absolute Gasteiger partial charge is 0.263 e. The summed E-state index contributed by atoms with van der Waals surface area (Å²) in [7, 11) is -3.80. The molecule has 0 aliphatic rings. The maximum atomic E-state index is 12.8. The highest BCUT2D eigenvalue weighted by Crippen LogP contribution is 2.24. The van der Waals surface area contributed by atoms with Crippen LogP contribution in [0.25, 0.3) is 10.8 Å². The minimum absolute atomic E-state index is 0.0125. The number of hydrogen-bond donors (Lipinski definition) is 2. The number of sulfonamides is 1. The number of nitrogens with zero attached hydrogens (tertiary/aromatic N) is 3. The lowest BCUT2D eigenvalue weighted by Crippen LogP contribution is -2.31. The maximum Gasteiger partial charge on any atom is 0.263 e. The first-order valence-corrected chi connectivity index (χ1v) is 12.4. The lowest BCUT2D eigenvalue weighted by molar-refractivity contribution is -0.126. The molecule has 1 unspecified atom stereocenters. The Bertz CT molecular complexity index is 1460. The molecular weight excluding hydrogens is 474 g/mol. The van der Waals surface area contributed by atoms with Crippen LogP contribution in [0, 0.1) is 0 Å². The van der Waals surface area contributed by atoms with Gasteiger partial charge >= 0.3 is 0 Å². The summed E-state index contributed by atoms with van der Waals surface area (Å²) in [6, 6.07) is 17.2. The Labute approximate surface area is 199 Å². The van der Waals surface area contributed by atoms with Gasteiger partial charge in [0.1, 0.15) is 0 Å². The number of hydrogen-bond acceptors (Lipinski definition) is 8. The number of fused-ring (bicyclic) bond motifs is 1. The second-order valence-corrected chi connectivity index (χ2v) is 9.76. The fourth-order valence-electron chi connectivity index (χ4n) is 3.12. The van der Waals surface area contributed by atoms with Crippen LogP contribution in [0.4, 0.5) is 16.5 Å². The largest absolute Gasteiger partial charge is 0.323 e. The van der Waals surface area contributed by atoms with Crippen molar-refractivity contribution in [3.8, 4) is 0 Å². The third-order valence-corrected chi connectivity index (χ3v) is 6.94. The fraction of sp³-hybridized carbons (Fsp3) is 0.0870. The van der Waals surface area contributed by atoms with E-state index in [0.29, 0.717) is 5.69 Å². The monoisotopic (exact) mass is 493 g/mol. The molecule has 0 aliphatic carbocycles. The number of thiazole rings is 1. The highest BCUT2D eigenvalue weighted by Gasteiger charge is 2.24. The van der Waals surface area contributed by atoms with Crippen LogP contribution in [-0.4, -0.2) is 31.1 Å². The summed E-state index contributed by atoms with van der Waals surface area (Å²) in [6.45, 7) is 1.26. The molecule has 0 radical (unpaired) electrons. The summed E-state index contributed by atoms with van der Waals surface area (Å²) in [4.78, 5) is 28.8. The number of carbonyl (C=O) groups is 2. The van der Waals surface area contributed by atoms with Crippen molar-refractivity contribution in [1.29, 1.82) is 0 Å². The minimum Gasteiger partial charge on any atom is -0.323 e. The number of carbonyl (C=O) groups excluding carboxylic acids is 2. The van der Waals surface area contributed by atoms with E-state index in [1.54, 1.807) is 17.5 Å². The van der Waals surface area contributed by atoms with Crippen molar-refractivity contribution in [1.82, 2.24) is 4.98 Å². The van der Waals surface area contributed by atoms with Crippen LogP contribution in [0.5, 0.6) is 0 Å². The van der Waals surface area contributed by atoms with Gasteiger partial charge in [0.25, 0.3) is 15.9 Å². The zero-order valence-electron chi connectivity index (χ0n) is 17.9. The Morgan fingerprint density at radius 1 is 1.00 bits per heavy atom. The van der Waals surface area contributed by atoms with Gasteiger partial charge in [-0.1, -0.05) is 36.4 Å². The van der Waals surface area contributed by atoms with Gasteiger partial charge in [0.05, 0.1) is 10.6 Å². The third-order valence-electron chi connectivity index (χ3n) is 4.77. The van der Waals surface area contributed by atoms with E-state index in [0.717, 1.165) is 22.1 Å². The van der Waals surface area contributed by atoms with Gasteiger partial charge < -0.3 is 5.32 Å². The van der Waals surface area contributed by atoms with Gasteiger partial charge in [-0.2, -0.15) is 10.2 Å². The molecule has 0 spiro atoms. The third kappa shape index (κ3) is 5.33. The van der Waals surface area contributed by atoms with Crippen molar-refractivity contribution in [3.63, 3.8) is 0 Å². The van der Waals surface area contributed by atoms with Gasteiger partial charge in [0.15, 0.2) is 10.9 Å². The average molecular weight is 494 g/mol. The molecule has 1 atom stereocenters. The van der Waals surface area contributed by atoms with Crippen LogP contribution in [0.3, 0.4) is 0 Å². The van der Waals surface area contributed by atoms with Crippen molar-refractivity contribution >= 4 is 60.3 Å². The van der Waals surface area contributed by atoms with Crippen LogP contribution in [0.1, 0.15) is 6.92 Å². The Morgan fingerprint density at radius 3 is 2.44 bits per heavy atom. The molecule has 3 aromatic carbocycles. The SMILES string of the molecule is CC(=O)C(N=Nc1ccc(S(=O)(=O)Nc2nccs2)cc1)C(=O)Nc1cccc2ccccc12. The topological polar surface area (TPSA) is 130 Å². The predicted octanol–water partition coefficient (Wildman–Crippen LogP) is 4.78. The van der Waals surface area contributed by atoms with Crippen LogP contribution in [-0.2, 0) is 19.6 Å². The summed E-state index contributed by atoms with van der Waals surface area (Å²) >= 11 is 1.16. The number of aromatic nitrogens is 1. The quantitative estimate of drug-likeness (QED) is 0.270. The molecule has 0 bridgehead atoms. The highest BCUT2D eigenvalue weighted by molar-refractivity contribution is 7.93. The summed E-state index contributed by atoms with van der Waals surface area (Å²) in [5, 5.41) is 14.3. The molecule has 0 fully saturated rings. The fourth-order valence-corrected chi connectivity index (χ4v) is 4.91. The number of nitrogens with one attached hydrogen (secondary N) is 2. The van der Waals surface area contributed by atoms with Crippen LogP contribution >= 0.6 is 11.3 Å². The molecule has 172 valence electrons. The van der Waals surface area contributed by atoms with E-state index in [2.05, 4.69) is 25.3 Å². The predicted molar refractivity (Wildman–Crippen MR) is 131 cm³/mol. The average Bonchev–Trinajstić information content (AvgIpc) is 3.32. The van der Waals surface area contributed by atoms with Gasteiger partial charge in [-0.3, -0.25) is 14.3 Å². The van der Waals surface area contributed by atoms with Gasteiger partial charge in [-0.25, -0.2) is 13.4 Å². The van der Waals surface area contributed by atoms with E-state index < -0.39 is 27.8 Å². The molecule has 2 N–H and O–H groups in total. The Morgan fingerprint density at radius 2 is 1.74 bits per heavy atom. The number of anilines is 2.